The lowest BCUT2D eigenvalue weighted by Gasteiger charge is -2.31. The number of aromatic nitrogens is 2. The molecule has 1 aromatic rings. The number of nitrogens with zero attached hydrogens (tertiary/aromatic N) is 3. The molecular formula is C14H21F3N4O. The number of rotatable bonds is 4. The minimum Gasteiger partial charge on any atom is -0.308 e. The van der Waals surface area contributed by atoms with E-state index in [9.17, 15) is 18.0 Å². The van der Waals surface area contributed by atoms with Crippen LogP contribution in [0.25, 0.3) is 0 Å². The molecule has 22 heavy (non-hydrogen) atoms. The highest BCUT2D eigenvalue weighted by Gasteiger charge is 2.34. The maximum atomic E-state index is 12.3. The summed E-state index contributed by atoms with van der Waals surface area (Å²) in [5.74, 6) is -0.113. The first-order valence-corrected chi connectivity index (χ1v) is 7.36. The van der Waals surface area contributed by atoms with Crippen molar-refractivity contribution < 1.29 is 18.0 Å². The van der Waals surface area contributed by atoms with E-state index in [2.05, 4.69) is 29.2 Å². The van der Waals surface area contributed by atoms with E-state index in [0.717, 1.165) is 17.5 Å². The second kappa shape index (κ2) is 6.28. The second-order valence-electron chi connectivity index (χ2n) is 5.90. The Kier molecular flexibility index (Phi) is 4.79. The van der Waals surface area contributed by atoms with Gasteiger partial charge >= 0.3 is 6.18 Å². The van der Waals surface area contributed by atoms with Crippen LogP contribution in [-0.2, 0) is 11.3 Å². The molecule has 0 aliphatic carbocycles. The molecule has 3 atom stereocenters. The highest BCUT2D eigenvalue weighted by atomic mass is 19.4. The Morgan fingerprint density at radius 2 is 2.00 bits per heavy atom. The molecule has 1 saturated heterocycles. The largest absolute Gasteiger partial charge is 0.408 e. The molecule has 1 amide bonds. The topological polar surface area (TPSA) is 50.2 Å². The molecule has 0 bridgehead atoms. The number of hydrogen-bond donors (Lipinski definition) is 1. The molecular weight excluding hydrogens is 297 g/mol. The molecule has 0 aromatic carbocycles. The Bertz CT molecular complexity index is 518. The van der Waals surface area contributed by atoms with Crippen LogP contribution in [0.2, 0.25) is 0 Å². The van der Waals surface area contributed by atoms with E-state index >= 15 is 0 Å². The van der Waals surface area contributed by atoms with Crippen LogP contribution < -0.4 is 5.32 Å². The first-order valence-electron chi connectivity index (χ1n) is 7.36. The van der Waals surface area contributed by atoms with Crippen molar-refractivity contribution >= 4 is 11.7 Å². The third kappa shape index (κ3) is 4.00. The molecule has 124 valence electrons. The molecule has 1 aliphatic rings. The van der Waals surface area contributed by atoms with Gasteiger partial charge in [-0.05, 0) is 33.6 Å². The maximum absolute atomic E-state index is 12.3. The van der Waals surface area contributed by atoms with Gasteiger partial charge in [0, 0.05) is 24.3 Å². The summed E-state index contributed by atoms with van der Waals surface area (Å²) in [7, 11) is 0. The van der Waals surface area contributed by atoms with Crippen molar-refractivity contribution in [3.63, 3.8) is 0 Å². The fraction of sp³-hybridized carbons (Fsp3) is 0.714. The normalized spacial score (nSPS) is 24.5. The molecule has 1 aliphatic heterocycles. The molecule has 1 fully saturated rings. The Balaban J connectivity index is 1.97. The number of carbonyl (C=O) groups is 1. The van der Waals surface area contributed by atoms with Crippen LogP contribution in [0.1, 0.15) is 33.6 Å². The molecule has 2 rings (SSSR count). The molecule has 1 N–H and O–H groups in total. The van der Waals surface area contributed by atoms with Gasteiger partial charge in [0.05, 0.1) is 6.04 Å². The van der Waals surface area contributed by atoms with Crippen molar-refractivity contribution in [1.82, 2.24) is 14.7 Å². The van der Waals surface area contributed by atoms with Gasteiger partial charge in [-0.15, -0.1) is 0 Å². The minimum atomic E-state index is -4.33. The third-order valence-corrected chi connectivity index (χ3v) is 4.08. The van der Waals surface area contributed by atoms with Crippen LogP contribution >= 0.6 is 0 Å². The molecule has 1 aromatic heterocycles. The quantitative estimate of drug-likeness (QED) is 0.928. The average molecular weight is 318 g/mol. The predicted molar refractivity (Wildman–Crippen MR) is 76.4 cm³/mol. The predicted octanol–water partition coefficient (Wildman–Crippen LogP) is 2.65. The van der Waals surface area contributed by atoms with E-state index in [1.807, 2.05) is 0 Å². The first-order chi connectivity index (χ1) is 10.2. The zero-order valence-electron chi connectivity index (χ0n) is 12.9. The van der Waals surface area contributed by atoms with E-state index in [1.54, 1.807) is 6.92 Å². The zero-order chi connectivity index (χ0) is 16.5. The number of hydrogen-bond acceptors (Lipinski definition) is 3. The SMILES string of the molecule is C[C@@H]1CC[C@@H](C)N1[C@@H](C)C(=O)Nc1ccn(CC(F)(F)F)n1. The van der Waals surface area contributed by atoms with E-state index in [4.69, 9.17) is 0 Å². The molecule has 8 heteroatoms. The van der Waals surface area contributed by atoms with Crippen LogP contribution in [0.15, 0.2) is 12.3 Å². The summed E-state index contributed by atoms with van der Waals surface area (Å²) >= 11 is 0. The summed E-state index contributed by atoms with van der Waals surface area (Å²) in [5.41, 5.74) is 0. The van der Waals surface area contributed by atoms with Crippen LogP contribution in [0.4, 0.5) is 19.0 Å². The standard InChI is InChI=1S/C14H21F3N4O/c1-9-4-5-10(2)21(9)11(3)13(22)18-12-6-7-20(19-12)8-14(15,16)17/h6-7,9-11H,4-5,8H2,1-3H3,(H,18,19,22)/t9-,10-,11+/m1/s1. The van der Waals surface area contributed by atoms with Gasteiger partial charge in [0.15, 0.2) is 5.82 Å². The summed E-state index contributed by atoms with van der Waals surface area (Å²) in [6, 6.07) is 1.66. The van der Waals surface area contributed by atoms with Gasteiger partial charge in [-0.3, -0.25) is 14.4 Å². The van der Waals surface area contributed by atoms with Crippen molar-refractivity contribution in [3.05, 3.63) is 12.3 Å². The Labute approximate surface area is 127 Å². The average Bonchev–Trinajstić information content (AvgIpc) is 2.94. The van der Waals surface area contributed by atoms with Gasteiger partial charge in [-0.25, -0.2) is 0 Å². The Morgan fingerprint density at radius 3 is 2.55 bits per heavy atom. The monoisotopic (exact) mass is 318 g/mol. The summed E-state index contributed by atoms with van der Waals surface area (Å²) < 4.78 is 37.6. The third-order valence-electron chi connectivity index (χ3n) is 4.08. The summed E-state index contributed by atoms with van der Waals surface area (Å²) in [6.07, 6.45) is -1.05. The van der Waals surface area contributed by atoms with Crippen LogP contribution in [0.5, 0.6) is 0 Å². The van der Waals surface area contributed by atoms with E-state index < -0.39 is 12.7 Å². The molecule has 0 spiro atoms. The fourth-order valence-electron chi connectivity index (χ4n) is 3.04. The van der Waals surface area contributed by atoms with Crippen LogP contribution in [0.3, 0.4) is 0 Å². The fourth-order valence-corrected chi connectivity index (χ4v) is 3.04. The van der Waals surface area contributed by atoms with Crippen molar-refractivity contribution in [2.75, 3.05) is 5.32 Å². The summed E-state index contributed by atoms with van der Waals surface area (Å²) in [6.45, 7) is 4.79. The Morgan fingerprint density at radius 1 is 1.41 bits per heavy atom. The first kappa shape index (κ1) is 16.8. The number of likely N-dealkylation sites (tertiary alicyclic amines) is 1. The number of amides is 1. The van der Waals surface area contributed by atoms with E-state index in [1.165, 1.54) is 12.3 Å². The van der Waals surface area contributed by atoms with Gasteiger partial charge in [0.2, 0.25) is 5.91 Å². The van der Waals surface area contributed by atoms with Gasteiger partial charge in [-0.2, -0.15) is 18.3 Å². The van der Waals surface area contributed by atoms with Crippen molar-refractivity contribution in [2.45, 2.75) is 64.5 Å². The Hall–Kier alpha value is -1.57. The van der Waals surface area contributed by atoms with E-state index in [0.29, 0.717) is 12.1 Å². The van der Waals surface area contributed by atoms with Gasteiger partial charge in [0.25, 0.3) is 0 Å². The lowest BCUT2D eigenvalue weighted by molar-refractivity contribution is -0.142. The smallest absolute Gasteiger partial charge is 0.308 e. The van der Waals surface area contributed by atoms with Crippen molar-refractivity contribution in [1.29, 1.82) is 0 Å². The highest BCUT2D eigenvalue weighted by molar-refractivity contribution is 5.93. The molecule has 0 unspecified atom stereocenters. The van der Waals surface area contributed by atoms with Gasteiger partial charge in [-0.1, -0.05) is 0 Å². The maximum Gasteiger partial charge on any atom is 0.408 e. The summed E-state index contributed by atoms with van der Waals surface area (Å²) in [4.78, 5) is 14.4. The number of alkyl halides is 3. The van der Waals surface area contributed by atoms with Gasteiger partial charge < -0.3 is 5.32 Å². The minimum absolute atomic E-state index is 0.139. The molecule has 5 nitrogen and oxygen atoms in total. The highest BCUT2D eigenvalue weighted by Crippen LogP contribution is 2.26. The molecule has 0 saturated carbocycles. The van der Waals surface area contributed by atoms with Crippen molar-refractivity contribution in [3.8, 4) is 0 Å². The number of halogens is 3. The van der Waals surface area contributed by atoms with Crippen LogP contribution in [0, 0.1) is 0 Å². The van der Waals surface area contributed by atoms with E-state index in [-0.39, 0.29) is 17.8 Å². The zero-order valence-corrected chi connectivity index (χ0v) is 12.9. The van der Waals surface area contributed by atoms with Gasteiger partial charge in [0.1, 0.15) is 6.54 Å². The number of nitrogens with one attached hydrogen (secondary N) is 1. The summed E-state index contributed by atoms with van der Waals surface area (Å²) in [5, 5.41) is 6.31. The second-order valence-corrected chi connectivity index (χ2v) is 5.90. The lowest BCUT2D eigenvalue weighted by atomic mass is 10.2. The van der Waals surface area contributed by atoms with Crippen molar-refractivity contribution in [2.24, 2.45) is 0 Å². The van der Waals surface area contributed by atoms with Crippen LogP contribution in [-0.4, -0.2) is 44.9 Å². The number of carbonyl (C=O) groups excluding carboxylic acids is 1. The molecule has 2 heterocycles. The molecule has 0 radical (unpaired) electrons. The lowest BCUT2D eigenvalue weighted by Crippen LogP contribution is -2.46. The number of anilines is 1.